The fourth-order valence-electron chi connectivity index (χ4n) is 9.16. The van der Waals surface area contributed by atoms with Gasteiger partial charge in [0, 0.05) is 12.8 Å². The monoisotopic (exact) mass is 930 g/mol. The van der Waals surface area contributed by atoms with Gasteiger partial charge in [0.15, 0.2) is 0 Å². The molecule has 0 aromatic heterocycles. The van der Waals surface area contributed by atoms with Crippen LogP contribution >= 0.6 is 0 Å². The van der Waals surface area contributed by atoms with Gasteiger partial charge in [-0.3, -0.25) is 9.59 Å². The number of esters is 1. The first-order valence-corrected chi connectivity index (χ1v) is 29.6. The summed E-state index contributed by atoms with van der Waals surface area (Å²) >= 11 is 0. The highest BCUT2D eigenvalue weighted by molar-refractivity contribution is 5.76. The van der Waals surface area contributed by atoms with E-state index in [0.29, 0.717) is 19.4 Å². The van der Waals surface area contributed by atoms with Crippen molar-refractivity contribution in [1.82, 2.24) is 5.32 Å². The minimum absolute atomic E-state index is 0.00936. The van der Waals surface area contributed by atoms with Gasteiger partial charge in [0.1, 0.15) is 0 Å². The molecule has 2 unspecified atom stereocenters. The minimum Gasteiger partial charge on any atom is -0.466 e. The molecule has 0 aliphatic carbocycles. The maximum absolute atomic E-state index is 12.4. The van der Waals surface area contributed by atoms with Crippen molar-refractivity contribution in [2.45, 2.75) is 334 Å². The Morgan fingerprint density at radius 1 is 0.409 bits per heavy atom. The maximum Gasteiger partial charge on any atom is 0.305 e. The van der Waals surface area contributed by atoms with Gasteiger partial charge in [-0.2, -0.15) is 0 Å². The number of hydrogen-bond donors (Lipinski definition) is 3. The predicted octanol–water partition coefficient (Wildman–Crippen LogP) is 18.2. The number of nitrogens with one attached hydrogen (secondary N) is 1. The number of ether oxygens (including phenoxy) is 1. The van der Waals surface area contributed by atoms with E-state index in [1.807, 2.05) is 6.08 Å². The molecule has 6 nitrogen and oxygen atoms in total. The summed E-state index contributed by atoms with van der Waals surface area (Å²) in [5, 5.41) is 23.0. The van der Waals surface area contributed by atoms with Crippen molar-refractivity contribution in [3.05, 3.63) is 24.3 Å². The molecule has 2 atom stereocenters. The molecule has 66 heavy (non-hydrogen) atoms. The van der Waals surface area contributed by atoms with Crippen LogP contribution in [0.15, 0.2) is 24.3 Å². The molecule has 0 aliphatic rings. The fourth-order valence-corrected chi connectivity index (χ4v) is 9.16. The quantitative estimate of drug-likeness (QED) is 0.0321. The van der Waals surface area contributed by atoms with Gasteiger partial charge in [-0.25, -0.2) is 0 Å². The summed E-state index contributed by atoms with van der Waals surface area (Å²) in [6.45, 7) is 4.89. The van der Waals surface area contributed by atoms with E-state index in [9.17, 15) is 19.8 Å². The van der Waals surface area contributed by atoms with Gasteiger partial charge in [0.25, 0.3) is 0 Å². The number of aliphatic hydroxyl groups excluding tert-OH is 2. The van der Waals surface area contributed by atoms with E-state index in [2.05, 4.69) is 31.3 Å². The van der Waals surface area contributed by atoms with E-state index >= 15 is 0 Å². The number of rotatable bonds is 55. The molecule has 0 radical (unpaired) electrons. The highest BCUT2D eigenvalue weighted by atomic mass is 16.5. The van der Waals surface area contributed by atoms with Crippen molar-refractivity contribution in [1.29, 1.82) is 0 Å². The first-order chi connectivity index (χ1) is 32.5. The lowest BCUT2D eigenvalue weighted by atomic mass is 10.0. The number of carbonyl (C=O) groups is 2. The highest BCUT2D eigenvalue weighted by Crippen LogP contribution is 2.17. The third kappa shape index (κ3) is 51.7. The maximum atomic E-state index is 12.4. The molecule has 0 saturated carbocycles. The molecule has 1 amide bonds. The summed E-state index contributed by atoms with van der Waals surface area (Å²) < 4.78 is 5.49. The second-order valence-corrected chi connectivity index (χ2v) is 20.3. The lowest BCUT2D eigenvalue weighted by Gasteiger charge is -2.20. The second kappa shape index (κ2) is 55.9. The van der Waals surface area contributed by atoms with E-state index in [0.717, 1.165) is 44.9 Å². The van der Waals surface area contributed by atoms with Crippen LogP contribution in [-0.2, 0) is 14.3 Å². The molecule has 0 saturated heterocycles. The van der Waals surface area contributed by atoms with Crippen molar-refractivity contribution in [3.8, 4) is 0 Å². The zero-order valence-corrected chi connectivity index (χ0v) is 44.4. The van der Waals surface area contributed by atoms with Crippen LogP contribution in [0, 0.1) is 0 Å². The number of unbranched alkanes of at least 4 members (excludes halogenated alkanes) is 42. The van der Waals surface area contributed by atoms with Crippen molar-refractivity contribution < 1.29 is 24.5 Å². The van der Waals surface area contributed by atoms with Gasteiger partial charge in [-0.05, 0) is 57.8 Å². The Balaban J connectivity index is 3.36. The van der Waals surface area contributed by atoms with Crippen LogP contribution in [-0.4, -0.2) is 47.4 Å². The minimum atomic E-state index is -0.842. The van der Waals surface area contributed by atoms with Crippen LogP contribution in [0.1, 0.15) is 322 Å². The largest absolute Gasteiger partial charge is 0.466 e. The Morgan fingerprint density at radius 2 is 0.712 bits per heavy atom. The van der Waals surface area contributed by atoms with Crippen molar-refractivity contribution in [3.63, 3.8) is 0 Å². The van der Waals surface area contributed by atoms with Crippen molar-refractivity contribution in [2.24, 2.45) is 0 Å². The van der Waals surface area contributed by atoms with Crippen LogP contribution in [0.2, 0.25) is 0 Å². The molecular weight excluding hydrogens is 815 g/mol. The lowest BCUT2D eigenvalue weighted by molar-refractivity contribution is -0.143. The molecule has 0 fully saturated rings. The van der Waals surface area contributed by atoms with Crippen LogP contribution in [0.4, 0.5) is 0 Å². The molecule has 0 rings (SSSR count). The van der Waals surface area contributed by atoms with Gasteiger partial charge in [-0.15, -0.1) is 0 Å². The number of carbonyl (C=O) groups excluding carboxylic acids is 2. The third-order valence-corrected chi connectivity index (χ3v) is 13.7. The van der Waals surface area contributed by atoms with E-state index < -0.39 is 12.1 Å². The van der Waals surface area contributed by atoms with E-state index in [1.165, 1.54) is 250 Å². The first-order valence-electron chi connectivity index (χ1n) is 29.6. The Morgan fingerprint density at radius 3 is 1.08 bits per heavy atom. The topological polar surface area (TPSA) is 95.9 Å². The van der Waals surface area contributed by atoms with Crippen LogP contribution in [0.5, 0.6) is 0 Å². The van der Waals surface area contributed by atoms with Gasteiger partial charge in [0.2, 0.25) is 5.91 Å². The normalized spacial score (nSPS) is 12.7. The molecule has 6 heteroatoms. The van der Waals surface area contributed by atoms with E-state index in [1.54, 1.807) is 6.08 Å². The molecule has 390 valence electrons. The summed E-state index contributed by atoms with van der Waals surface area (Å²) in [4.78, 5) is 24.5. The van der Waals surface area contributed by atoms with Crippen LogP contribution in [0.25, 0.3) is 0 Å². The van der Waals surface area contributed by atoms with Gasteiger partial charge < -0.3 is 20.3 Å². The molecule has 0 bridgehead atoms. The average molecular weight is 931 g/mol. The van der Waals surface area contributed by atoms with Crippen molar-refractivity contribution >= 4 is 11.9 Å². The van der Waals surface area contributed by atoms with Gasteiger partial charge in [0.05, 0.1) is 25.4 Å². The lowest BCUT2D eigenvalue weighted by Crippen LogP contribution is -2.45. The summed E-state index contributed by atoms with van der Waals surface area (Å²) in [7, 11) is 0. The summed E-state index contributed by atoms with van der Waals surface area (Å²) in [5.41, 5.74) is 0. The molecular formula is C60H115NO5. The molecule has 3 N–H and O–H groups in total. The van der Waals surface area contributed by atoms with Gasteiger partial charge in [-0.1, -0.05) is 276 Å². The van der Waals surface area contributed by atoms with Crippen LogP contribution in [0.3, 0.4) is 0 Å². The summed E-state index contributed by atoms with van der Waals surface area (Å²) in [6.07, 6.45) is 67.9. The smallest absolute Gasteiger partial charge is 0.305 e. The second-order valence-electron chi connectivity index (χ2n) is 20.3. The number of allylic oxidation sites excluding steroid dienone is 3. The highest BCUT2D eigenvalue weighted by Gasteiger charge is 2.18. The molecule has 0 heterocycles. The van der Waals surface area contributed by atoms with E-state index in [-0.39, 0.29) is 18.5 Å². The fraction of sp³-hybridized carbons (Fsp3) is 0.900. The standard InChI is InChI=1S/C60H115NO5/c1-3-5-7-9-11-13-15-16-17-24-28-31-34-38-42-46-50-54-60(65)66-55-51-47-43-39-35-32-29-26-23-21-19-18-20-22-25-27-30-33-37-41-45-49-53-59(64)61-57(56-62)58(63)52-48-44-40-36-14-12-10-8-6-4-2/h16-17,48,52,57-58,62-63H,3-15,18-47,49-51,53-56H2,1-2H3,(H,61,64)/b17-16-,52-48+. The van der Waals surface area contributed by atoms with Gasteiger partial charge >= 0.3 is 5.97 Å². The number of amides is 1. The zero-order valence-electron chi connectivity index (χ0n) is 44.4. The molecule has 0 aliphatic heterocycles. The Hall–Kier alpha value is -1.66. The SMILES string of the molecule is CCCCCCCC/C=C\CCCCCCCCCC(=O)OCCCCCCCCCCCCCCCCCCCCCCCCC(=O)NC(CO)C(O)/C=C/CCCCCCCCCC. The molecule has 0 aromatic carbocycles. The first kappa shape index (κ1) is 64.3. The molecule has 0 aromatic rings. The summed E-state index contributed by atoms with van der Waals surface area (Å²) in [6, 6.07) is -0.626. The Bertz CT molecular complexity index is 1030. The Kier molecular flexibility index (Phi) is 54.5. The van der Waals surface area contributed by atoms with Crippen molar-refractivity contribution in [2.75, 3.05) is 13.2 Å². The predicted molar refractivity (Wildman–Crippen MR) is 287 cm³/mol. The summed E-state index contributed by atoms with van der Waals surface area (Å²) in [5.74, 6) is -0.0601. The van der Waals surface area contributed by atoms with Crippen LogP contribution < -0.4 is 5.32 Å². The third-order valence-electron chi connectivity index (χ3n) is 13.7. The number of aliphatic hydroxyl groups is 2. The molecule has 0 spiro atoms. The zero-order chi connectivity index (χ0) is 47.9. The number of hydrogen-bond acceptors (Lipinski definition) is 5. The van der Waals surface area contributed by atoms with E-state index in [4.69, 9.17) is 4.74 Å². The average Bonchev–Trinajstić information content (AvgIpc) is 3.32. The Labute approximate surface area is 411 Å².